The summed E-state index contributed by atoms with van der Waals surface area (Å²) in [5.74, 6) is 1.95. The van der Waals surface area contributed by atoms with E-state index < -0.39 is 0 Å². The molecule has 6 heteroatoms. The van der Waals surface area contributed by atoms with Crippen LogP contribution in [0.2, 0.25) is 0 Å². The number of hydrogen-bond acceptors (Lipinski definition) is 4. The average Bonchev–Trinajstić information content (AvgIpc) is 2.54. The van der Waals surface area contributed by atoms with Crippen molar-refractivity contribution < 1.29 is 19.3 Å². The molecule has 2 aromatic rings. The van der Waals surface area contributed by atoms with E-state index in [2.05, 4.69) is 22.6 Å². The summed E-state index contributed by atoms with van der Waals surface area (Å²) < 4.78 is 16.7. The van der Waals surface area contributed by atoms with Gasteiger partial charge in [0, 0.05) is 5.56 Å². The first-order valence-electron chi connectivity index (χ1n) is 6.57. The molecular weight excluding hydrogens is 434 g/mol. The number of para-hydroxylation sites is 1. The Kier molecular flexibility index (Phi) is 8.95. The predicted octanol–water partition coefficient (Wildman–Crippen LogP) is 3.54. The molecule has 0 unspecified atom stereocenters. The first kappa shape index (κ1) is 20.8. The molecule has 2 aromatic carbocycles. The Bertz CT molecular complexity index is 701. The zero-order chi connectivity index (χ0) is 16.1. The van der Waals surface area contributed by atoms with Crippen molar-refractivity contribution in [3.05, 3.63) is 45.0 Å². The van der Waals surface area contributed by atoms with E-state index in [4.69, 9.17) is 14.2 Å². The number of halogens is 1. The summed E-state index contributed by atoms with van der Waals surface area (Å²) in [6, 6.07) is 9.16. The van der Waals surface area contributed by atoms with Gasteiger partial charge in [-0.1, -0.05) is 24.3 Å². The molecule has 0 spiro atoms. The molecule has 1 N–H and O–H groups in total. The Morgan fingerprint density at radius 2 is 1.52 bits per heavy atom. The maximum atomic E-state index is 10.1. The van der Waals surface area contributed by atoms with Crippen molar-refractivity contribution in [3.63, 3.8) is 0 Å². The maximum absolute atomic E-state index is 10.1. The van der Waals surface area contributed by atoms with Crippen LogP contribution in [0.5, 0.6) is 23.0 Å². The van der Waals surface area contributed by atoms with E-state index in [9.17, 15) is 5.11 Å². The standard InChI is InChI=1S/C17H17IO4.K.H/c1-20-13-6-4-5-12(16(13)19)8-7-11-9-10-14(21-2)17(22-3)15(11)18;;/h4-10,19H,1-3H3;;/b8-7-;;. The summed E-state index contributed by atoms with van der Waals surface area (Å²) in [4.78, 5) is 0. The molecule has 0 aliphatic carbocycles. The summed E-state index contributed by atoms with van der Waals surface area (Å²) in [5.41, 5.74) is 1.66. The topological polar surface area (TPSA) is 47.9 Å². The molecule has 0 atom stereocenters. The van der Waals surface area contributed by atoms with Crippen LogP contribution in [-0.4, -0.2) is 77.8 Å². The second-order valence-corrected chi connectivity index (χ2v) is 5.51. The number of rotatable bonds is 5. The molecule has 0 saturated heterocycles. The van der Waals surface area contributed by atoms with Crippen molar-refractivity contribution in [2.45, 2.75) is 0 Å². The van der Waals surface area contributed by atoms with E-state index in [-0.39, 0.29) is 57.1 Å². The van der Waals surface area contributed by atoms with Crippen molar-refractivity contribution in [1.29, 1.82) is 0 Å². The van der Waals surface area contributed by atoms with Gasteiger partial charge < -0.3 is 19.3 Å². The second kappa shape index (κ2) is 9.90. The van der Waals surface area contributed by atoms with Gasteiger partial charge in [-0.25, -0.2) is 0 Å². The van der Waals surface area contributed by atoms with Gasteiger partial charge in [-0.2, -0.15) is 0 Å². The zero-order valence-corrected chi connectivity index (χ0v) is 14.7. The van der Waals surface area contributed by atoms with E-state index in [1.54, 1.807) is 20.3 Å². The molecule has 0 aromatic heterocycles. The van der Waals surface area contributed by atoms with Crippen LogP contribution in [0.25, 0.3) is 12.2 Å². The Morgan fingerprint density at radius 3 is 2.13 bits per heavy atom. The molecule has 0 bridgehead atoms. The van der Waals surface area contributed by atoms with Crippen LogP contribution in [0.15, 0.2) is 30.3 Å². The van der Waals surface area contributed by atoms with Crippen LogP contribution in [-0.2, 0) is 0 Å². The summed E-state index contributed by atoms with van der Waals surface area (Å²) in [6.45, 7) is 0. The Morgan fingerprint density at radius 1 is 0.870 bits per heavy atom. The molecule has 0 radical (unpaired) electrons. The molecule has 0 amide bonds. The quantitative estimate of drug-likeness (QED) is 0.429. The Balaban J connectivity index is 0.00000264. The summed E-state index contributed by atoms with van der Waals surface area (Å²) >= 11 is 2.21. The molecule has 2 rings (SSSR count). The van der Waals surface area contributed by atoms with E-state index in [1.807, 2.05) is 36.4 Å². The van der Waals surface area contributed by atoms with Crippen LogP contribution < -0.4 is 14.2 Å². The van der Waals surface area contributed by atoms with Crippen LogP contribution >= 0.6 is 22.6 Å². The minimum atomic E-state index is 0. The van der Waals surface area contributed by atoms with Crippen LogP contribution in [0, 0.1) is 3.57 Å². The number of hydrogen-bond donors (Lipinski definition) is 1. The van der Waals surface area contributed by atoms with Crippen LogP contribution in [0.3, 0.4) is 0 Å². The third-order valence-electron chi connectivity index (χ3n) is 3.21. The molecule has 0 aliphatic heterocycles. The minimum absolute atomic E-state index is 0. The van der Waals surface area contributed by atoms with Gasteiger partial charge in [0.15, 0.2) is 23.0 Å². The van der Waals surface area contributed by atoms with Gasteiger partial charge in [0.05, 0.1) is 24.9 Å². The van der Waals surface area contributed by atoms with Gasteiger partial charge in [-0.05, 0) is 46.4 Å². The summed E-state index contributed by atoms with van der Waals surface area (Å²) in [7, 11) is 4.75. The van der Waals surface area contributed by atoms with E-state index in [0.29, 0.717) is 22.8 Å². The molecule has 4 nitrogen and oxygen atoms in total. The van der Waals surface area contributed by atoms with Gasteiger partial charge in [0.25, 0.3) is 0 Å². The molecule has 0 saturated carbocycles. The predicted molar refractivity (Wildman–Crippen MR) is 103 cm³/mol. The van der Waals surface area contributed by atoms with Gasteiger partial charge in [-0.3, -0.25) is 0 Å². The number of methoxy groups -OCH3 is 3. The number of aromatic hydroxyl groups is 1. The monoisotopic (exact) mass is 452 g/mol. The Hall–Kier alpha value is -0.254. The third-order valence-corrected chi connectivity index (χ3v) is 4.32. The van der Waals surface area contributed by atoms with Crippen LogP contribution in [0.1, 0.15) is 11.1 Å². The molecule has 0 heterocycles. The van der Waals surface area contributed by atoms with Gasteiger partial charge in [0.2, 0.25) is 0 Å². The second-order valence-electron chi connectivity index (χ2n) is 4.44. The summed E-state index contributed by atoms with van der Waals surface area (Å²) in [5, 5.41) is 10.1. The fraction of sp³-hybridized carbons (Fsp3) is 0.176. The number of benzene rings is 2. The van der Waals surface area contributed by atoms with E-state index in [0.717, 1.165) is 9.13 Å². The van der Waals surface area contributed by atoms with Crippen molar-refractivity contribution in [2.75, 3.05) is 21.3 Å². The molecule has 23 heavy (non-hydrogen) atoms. The zero-order valence-electron chi connectivity index (χ0n) is 12.6. The van der Waals surface area contributed by atoms with Crippen molar-refractivity contribution in [3.8, 4) is 23.0 Å². The van der Waals surface area contributed by atoms with Gasteiger partial charge in [-0.15, -0.1) is 0 Å². The normalized spacial score (nSPS) is 10.3. The molecule has 0 aliphatic rings. The first-order valence-corrected chi connectivity index (χ1v) is 7.64. The molecule has 118 valence electrons. The van der Waals surface area contributed by atoms with E-state index in [1.165, 1.54) is 7.11 Å². The molecular formula is C17H18IKO4. The van der Waals surface area contributed by atoms with Crippen LogP contribution in [0.4, 0.5) is 0 Å². The van der Waals surface area contributed by atoms with Crippen molar-refractivity contribution in [2.24, 2.45) is 0 Å². The summed E-state index contributed by atoms with van der Waals surface area (Å²) in [6.07, 6.45) is 3.75. The Labute approximate surface area is 192 Å². The first-order chi connectivity index (χ1) is 10.6. The fourth-order valence-electron chi connectivity index (χ4n) is 2.05. The van der Waals surface area contributed by atoms with Crippen molar-refractivity contribution >= 4 is 86.1 Å². The van der Waals surface area contributed by atoms with Gasteiger partial charge in [0.1, 0.15) is 0 Å². The average molecular weight is 452 g/mol. The third kappa shape index (κ3) is 4.87. The van der Waals surface area contributed by atoms with Gasteiger partial charge >= 0.3 is 51.4 Å². The molecule has 0 fully saturated rings. The number of phenolic OH excluding ortho intramolecular Hbond substituents is 1. The van der Waals surface area contributed by atoms with E-state index >= 15 is 0 Å². The van der Waals surface area contributed by atoms with Crippen molar-refractivity contribution in [1.82, 2.24) is 0 Å². The SMILES string of the molecule is COc1cccc(/C=C\c2ccc(OC)c(OC)c2I)c1O.[KH]. The number of ether oxygens (including phenoxy) is 3. The number of phenols is 1. The fourth-order valence-corrected chi connectivity index (χ4v) is 2.90.